The third-order valence-electron chi connectivity index (χ3n) is 2.97. The Labute approximate surface area is 132 Å². The van der Waals surface area contributed by atoms with Gasteiger partial charge in [0.25, 0.3) is 10.0 Å². The van der Waals surface area contributed by atoms with Gasteiger partial charge in [0.15, 0.2) is 0 Å². The Morgan fingerprint density at radius 3 is 2.30 bits per heavy atom. The van der Waals surface area contributed by atoms with E-state index < -0.39 is 10.0 Å². The molecule has 0 saturated heterocycles. The lowest BCUT2D eigenvalue weighted by Gasteiger charge is -2.22. The van der Waals surface area contributed by atoms with Crippen molar-refractivity contribution in [1.82, 2.24) is 9.21 Å². The minimum atomic E-state index is -3.61. The maximum absolute atomic E-state index is 12.4. The number of hydrogen-bond donors (Lipinski definition) is 0. The van der Waals surface area contributed by atoms with E-state index in [4.69, 9.17) is 0 Å². The molecule has 1 rings (SSSR count). The Kier molecular flexibility index (Phi) is 6.18. The van der Waals surface area contributed by atoms with Crippen LogP contribution in [0.2, 0.25) is 0 Å². The Hall–Kier alpha value is -0.440. The molecule has 0 aromatic carbocycles. The first-order chi connectivity index (χ1) is 9.23. The van der Waals surface area contributed by atoms with Crippen LogP contribution < -0.4 is 0 Å². The van der Waals surface area contributed by atoms with E-state index in [0.717, 1.165) is 25.0 Å². The number of thiophene rings is 1. The quantitative estimate of drug-likeness (QED) is 0.758. The monoisotopic (exact) mass is 382 g/mol. The molecule has 1 heterocycles. The SMILES string of the molecule is CCN(CC)C(=O)CN(C)S(=O)(=O)c1cc(C)c(Br)s1. The van der Waals surface area contributed by atoms with E-state index in [-0.39, 0.29) is 16.7 Å². The minimum Gasteiger partial charge on any atom is -0.342 e. The Morgan fingerprint density at radius 2 is 1.90 bits per heavy atom. The highest BCUT2D eigenvalue weighted by Crippen LogP contribution is 2.31. The molecule has 0 aliphatic heterocycles. The highest BCUT2D eigenvalue weighted by Gasteiger charge is 2.26. The second-order valence-electron chi connectivity index (χ2n) is 4.35. The Balaban J connectivity index is 2.90. The molecular weight excluding hydrogens is 364 g/mol. The molecule has 0 atom stereocenters. The van der Waals surface area contributed by atoms with Crippen molar-refractivity contribution >= 4 is 43.2 Å². The zero-order valence-electron chi connectivity index (χ0n) is 12.0. The van der Waals surface area contributed by atoms with Crippen molar-refractivity contribution in [2.24, 2.45) is 0 Å². The fourth-order valence-electron chi connectivity index (χ4n) is 1.66. The van der Waals surface area contributed by atoms with Crippen molar-refractivity contribution in [3.8, 4) is 0 Å². The van der Waals surface area contributed by atoms with Gasteiger partial charge in [-0.05, 0) is 48.3 Å². The molecule has 8 heteroatoms. The van der Waals surface area contributed by atoms with E-state index in [1.165, 1.54) is 7.05 Å². The number of sulfonamides is 1. The number of nitrogens with zero attached hydrogens (tertiary/aromatic N) is 2. The van der Waals surface area contributed by atoms with Crippen LogP contribution in [0.1, 0.15) is 19.4 Å². The number of likely N-dealkylation sites (N-methyl/N-ethyl adjacent to an activating group) is 2. The Bertz CT molecular complexity index is 560. The number of amides is 1. The molecule has 1 aromatic heterocycles. The molecular formula is C12H19BrN2O3S2. The van der Waals surface area contributed by atoms with E-state index in [0.29, 0.717) is 13.1 Å². The van der Waals surface area contributed by atoms with Crippen molar-refractivity contribution in [1.29, 1.82) is 0 Å². The van der Waals surface area contributed by atoms with Gasteiger partial charge in [0, 0.05) is 20.1 Å². The number of carbonyl (C=O) groups is 1. The van der Waals surface area contributed by atoms with Gasteiger partial charge in [0.2, 0.25) is 5.91 Å². The summed E-state index contributed by atoms with van der Waals surface area (Å²) in [7, 11) is -2.18. The van der Waals surface area contributed by atoms with Gasteiger partial charge < -0.3 is 4.90 Å². The fraction of sp³-hybridized carbons (Fsp3) is 0.583. The number of carbonyl (C=O) groups excluding carboxylic acids is 1. The van der Waals surface area contributed by atoms with Crippen LogP contribution in [0.3, 0.4) is 0 Å². The summed E-state index contributed by atoms with van der Waals surface area (Å²) in [4.78, 5) is 13.6. The molecule has 1 amide bonds. The van der Waals surface area contributed by atoms with Gasteiger partial charge in [0.05, 0.1) is 10.3 Å². The van der Waals surface area contributed by atoms with Gasteiger partial charge in [0.1, 0.15) is 4.21 Å². The van der Waals surface area contributed by atoms with Crippen molar-refractivity contribution in [3.63, 3.8) is 0 Å². The lowest BCUT2D eigenvalue weighted by Crippen LogP contribution is -2.40. The summed E-state index contributed by atoms with van der Waals surface area (Å²) in [6, 6.07) is 1.61. The van der Waals surface area contributed by atoms with E-state index in [9.17, 15) is 13.2 Å². The van der Waals surface area contributed by atoms with Crippen LogP contribution in [-0.2, 0) is 14.8 Å². The molecule has 0 aliphatic carbocycles. The summed E-state index contributed by atoms with van der Waals surface area (Å²) < 4.78 is 26.9. The van der Waals surface area contributed by atoms with Crippen LogP contribution in [-0.4, -0.2) is 50.2 Å². The molecule has 0 bridgehead atoms. The summed E-state index contributed by atoms with van der Waals surface area (Å²) >= 11 is 4.47. The predicted molar refractivity (Wildman–Crippen MR) is 84.5 cm³/mol. The van der Waals surface area contributed by atoms with E-state index in [1.54, 1.807) is 11.0 Å². The van der Waals surface area contributed by atoms with Gasteiger partial charge in [-0.15, -0.1) is 11.3 Å². The molecule has 0 spiro atoms. The molecule has 0 aliphatic rings. The third-order valence-corrected chi connectivity index (χ3v) is 7.36. The maximum atomic E-state index is 12.4. The molecule has 0 fully saturated rings. The van der Waals surface area contributed by atoms with Crippen LogP contribution in [0.25, 0.3) is 0 Å². The molecule has 20 heavy (non-hydrogen) atoms. The molecule has 5 nitrogen and oxygen atoms in total. The van der Waals surface area contributed by atoms with Crippen LogP contribution in [0.5, 0.6) is 0 Å². The average molecular weight is 383 g/mol. The Morgan fingerprint density at radius 1 is 1.35 bits per heavy atom. The third kappa shape index (κ3) is 3.81. The van der Waals surface area contributed by atoms with Gasteiger partial charge in [-0.2, -0.15) is 4.31 Å². The van der Waals surface area contributed by atoms with E-state index in [2.05, 4.69) is 15.9 Å². The first-order valence-electron chi connectivity index (χ1n) is 6.24. The second-order valence-corrected chi connectivity index (χ2v) is 8.99. The molecule has 0 radical (unpaired) electrons. The molecule has 114 valence electrons. The van der Waals surface area contributed by atoms with Gasteiger partial charge in [-0.1, -0.05) is 0 Å². The summed E-state index contributed by atoms with van der Waals surface area (Å²) in [6.45, 7) is 6.59. The second kappa shape index (κ2) is 7.02. The number of halogens is 1. The van der Waals surface area contributed by atoms with E-state index in [1.807, 2.05) is 20.8 Å². The topological polar surface area (TPSA) is 57.7 Å². The summed E-state index contributed by atoms with van der Waals surface area (Å²) in [5.41, 5.74) is 0.872. The smallest absolute Gasteiger partial charge is 0.252 e. The zero-order chi connectivity index (χ0) is 15.5. The van der Waals surface area contributed by atoms with Crippen LogP contribution >= 0.6 is 27.3 Å². The fourth-order valence-corrected chi connectivity index (χ4v) is 5.22. The normalized spacial score (nSPS) is 11.9. The summed E-state index contributed by atoms with van der Waals surface area (Å²) in [5.74, 6) is -0.187. The van der Waals surface area contributed by atoms with Crippen LogP contribution in [0.4, 0.5) is 0 Å². The highest BCUT2D eigenvalue weighted by molar-refractivity contribution is 9.11. The molecule has 0 unspecified atom stereocenters. The zero-order valence-corrected chi connectivity index (χ0v) is 15.2. The number of aryl methyl sites for hydroxylation is 1. The number of rotatable bonds is 6. The molecule has 1 aromatic rings. The first kappa shape index (κ1) is 17.6. The average Bonchev–Trinajstić information content (AvgIpc) is 2.71. The van der Waals surface area contributed by atoms with Crippen molar-refractivity contribution in [2.75, 3.05) is 26.7 Å². The van der Waals surface area contributed by atoms with Crippen LogP contribution in [0.15, 0.2) is 14.1 Å². The van der Waals surface area contributed by atoms with Crippen molar-refractivity contribution in [2.45, 2.75) is 25.0 Å². The van der Waals surface area contributed by atoms with Gasteiger partial charge in [-0.3, -0.25) is 4.79 Å². The molecule has 0 N–H and O–H groups in total. The van der Waals surface area contributed by atoms with E-state index >= 15 is 0 Å². The standard InChI is InChI=1S/C12H19BrN2O3S2/c1-5-15(6-2)10(16)8-14(4)20(17,18)11-7-9(3)12(13)19-11/h7H,5-6,8H2,1-4H3. The lowest BCUT2D eigenvalue weighted by molar-refractivity contribution is -0.130. The van der Waals surface area contributed by atoms with Gasteiger partial charge >= 0.3 is 0 Å². The predicted octanol–water partition coefficient (Wildman–Crippen LogP) is 2.31. The van der Waals surface area contributed by atoms with Gasteiger partial charge in [-0.25, -0.2) is 8.42 Å². The maximum Gasteiger partial charge on any atom is 0.252 e. The first-order valence-corrected chi connectivity index (χ1v) is 9.29. The lowest BCUT2D eigenvalue weighted by atomic mass is 10.4. The summed E-state index contributed by atoms with van der Waals surface area (Å²) in [6.07, 6.45) is 0. The van der Waals surface area contributed by atoms with Crippen molar-refractivity contribution < 1.29 is 13.2 Å². The summed E-state index contributed by atoms with van der Waals surface area (Å²) in [5, 5.41) is 0. The largest absolute Gasteiger partial charge is 0.342 e. The molecule has 0 saturated carbocycles. The highest BCUT2D eigenvalue weighted by atomic mass is 79.9. The van der Waals surface area contributed by atoms with Crippen LogP contribution in [0, 0.1) is 6.92 Å². The minimum absolute atomic E-state index is 0.140. The number of hydrogen-bond acceptors (Lipinski definition) is 4. The van der Waals surface area contributed by atoms with Crippen molar-refractivity contribution in [3.05, 3.63) is 15.4 Å².